The molecule has 0 saturated carbocycles. The van der Waals surface area contributed by atoms with Gasteiger partial charge in [0.25, 0.3) is 5.91 Å². The zero-order valence-electron chi connectivity index (χ0n) is 24.4. The zero-order valence-corrected chi connectivity index (χ0v) is 24.4. The number of likely N-dealkylation sites (tertiary alicyclic amines) is 1. The molecule has 2 atom stereocenters. The van der Waals surface area contributed by atoms with Crippen LogP contribution >= 0.6 is 0 Å². The monoisotopic (exact) mass is 564 g/mol. The van der Waals surface area contributed by atoms with Gasteiger partial charge in [0, 0.05) is 31.7 Å². The molecule has 0 radical (unpaired) electrons. The molecule has 0 spiro atoms. The van der Waals surface area contributed by atoms with Crippen LogP contribution in [0.1, 0.15) is 68.4 Å². The van der Waals surface area contributed by atoms with Crippen molar-refractivity contribution in [2.75, 3.05) is 40.0 Å². The standard InChI is InChI=1S/C31H40N4O6/c1-5-8-24(22-11-14-25-26(19-22)40-20-39-25)32-30(38)35-28(37)31(6-2,7-3)29(35)41-23-12-9-21(10-13-23)27(36)34-17-15-33(4)16-18-34/h9-14,19,24,29H,5-8,15-18,20H2,1-4H3,(H,32,38)/t24?,29-/m0/s1. The second kappa shape index (κ2) is 12.0. The number of ether oxygens (including phenoxy) is 3. The van der Waals surface area contributed by atoms with Crippen molar-refractivity contribution in [3.05, 3.63) is 53.6 Å². The summed E-state index contributed by atoms with van der Waals surface area (Å²) in [5, 5.41) is 3.06. The molecule has 5 rings (SSSR count). The predicted octanol–water partition coefficient (Wildman–Crippen LogP) is 4.41. The van der Waals surface area contributed by atoms with Gasteiger partial charge in [-0.1, -0.05) is 33.3 Å². The van der Waals surface area contributed by atoms with Crippen molar-refractivity contribution in [2.45, 2.75) is 58.7 Å². The SMILES string of the molecule is CCCC(NC(=O)N1C(=O)C(CC)(CC)[C@@H]1Oc1ccc(C(=O)N2CCN(C)CC2)cc1)c1ccc2c(c1)OCO2. The van der Waals surface area contributed by atoms with Gasteiger partial charge in [-0.25, -0.2) is 9.69 Å². The lowest BCUT2D eigenvalue weighted by molar-refractivity contribution is -0.191. The highest BCUT2D eigenvalue weighted by molar-refractivity contribution is 6.03. The number of hydrogen-bond acceptors (Lipinski definition) is 7. The molecule has 10 nitrogen and oxygen atoms in total. The maximum absolute atomic E-state index is 13.6. The number of nitrogens with one attached hydrogen (secondary N) is 1. The normalized spacial score (nSPS) is 20.4. The maximum atomic E-state index is 13.6. The molecule has 41 heavy (non-hydrogen) atoms. The third-order valence-electron chi connectivity index (χ3n) is 8.65. The number of amides is 4. The Morgan fingerprint density at radius 1 is 1.00 bits per heavy atom. The van der Waals surface area contributed by atoms with Crippen LogP contribution in [0, 0.1) is 5.41 Å². The van der Waals surface area contributed by atoms with Gasteiger partial charge in [-0.15, -0.1) is 0 Å². The van der Waals surface area contributed by atoms with E-state index in [9.17, 15) is 14.4 Å². The van der Waals surface area contributed by atoms with Crippen LogP contribution < -0.4 is 19.5 Å². The lowest BCUT2D eigenvalue weighted by Crippen LogP contribution is -2.73. The number of carbonyl (C=O) groups is 3. The van der Waals surface area contributed by atoms with Crippen molar-refractivity contribution in [2.24, 2.45) is 5.41 Å². The number of piperazine rings is 1. The quantitative estimate of drug-likeness (QED) is 0.451. The first kappa shape index (κ1) is 28.7. The number of fused-ring (bicyclic) bond motifs is 1. The van der Waals surface area contributed by atoms with Crippen LogP contribution in [0.4, 0.5) is 4.79 Å². The summed E-state index contributed by atoms with van der Waals surface area (Å²) in [5.74, 6) is 1.57. The third kappa shape index (κ3) is 5.45. The van der Waals surface area contributed by atoms with Crippen LogP contribution in [0.2, 0.25) is 0 Å². The van der Waals surface area contributed by atoms with Gasteiger partial charge in [0.15, 0.2) is 17.7 Å². The van der Waals surface area contributed by atoms with Crippen molar-refractivity contribution in [3.63, 3.8) is 0 Å². The average Bonchev–Trinajstić information content (AvgIpc) is 3.46. The van der Waals surface area contributed by atoms with Gasteiger partial charge in [0.2, 0.25) is 12.7 Å². The Balaban J connectivity index is 1.31. The molecule has 2 aromatic rings. The molecule has 1 N–H and O–H groups in total. The Morgan fingerprint density at radius 2 is 1.68 bits per heavy atom. The second-order valence-corrected chi connectivity index (χ2v) is 11.0. The van der Waals surface area contributed by atoms with E-state index < -0.39 is 17.7 Å². The number of hydrogen-bond donors (Lipinski definition) is 1. The molecule has 220 valence electrons. The molecule has 3 aliphatic rings. The molecular formula is C31H40N4O6. The molecule has 2 fully saturated rings. The average molecular weight is 565 g/mol. The lowest BCUT2D eigenvalue weighted by Gasteiger charge is -2.53. The van der Waals surface area contributed by atoms with Crippen molar-refractivity contribution in [1.82, 2.24) is 20.0 Å². The van der Waals surface area contributed by atoms with Gasteiger partial charge in [-0.2, -0.15) is 0 Å². The number of benzene rings is 2. The van der Waals surface area contributed by atoms with Crippen LogP contribution in [0.25, 0.3) is 0 Å². The number of β-lactam (4-membered cyclic amide) rings is 1. The molecule has 3 aliphatic heterocycles. The van der Waals surface area contributed by atoms with E-state index in [1.54, 1.807) is 24.3 Å². The summed E-state index contributed by atoms with van der Waals surface area (Å²) < 4.78 is 17.3. The van der Waals surface area contributed by atoms with Gasteiger partial charge in [-0.05, 0) is 68.3 Å². The van der Waals surface area contributed by atoms with E-state index in [2.05, 4.69) is 17.3 Å². The highest BCUT2D eigenvalue weighted by Gasteiger charge is 2.63. The molecule has 0 bridgehead atoms. The van der Waals surface area contributed by atoms with Crippen molar-refractivity contribution in [3.8, 4) is 17.2 Å². The van der Waals surface area contributed by atoms with E-state index in [1.165, 1.54) is 4.90 Å². The van der Waals surface area contributed by atoms with Crippen LogP contribution in [0.15, 0.2) is 42.5 Å². The fourth-order valence-corrected chi connectivity index (χ4v) is 5.86. The predicted molar refractivity (Wildman–Crippen MR) is 153 cm³/mol. The van der Waals surface area contributed by atoms with E-state index in [0.29, 0.717) is 55.2 Å². The minimum absolute atomic E-state index is 0.00794. The fraction of sp³-hybridized carbons (Fsp3) is 0.516. The Morgan fingerprint density at radius 3 is 2.34 bits per heavy atom. The van der Waals surface area contributed by atoms with Gasteiger partial charge in [0.1, 0.15) is 11.2 Å². The Bertz CT molecular complexity index is 1270. The highest BCUT2D eigenvalue weighted by atomic mass is 16.7. The molecule has 0 aliphatic carbocycles. The molecule has 3 heterocycles. The second-order valence-electron chi connectivity index (χ2n) is 11.0. The largest absolute Gasteiger partial charge is 0.469 e. The molecule has 2 aromatic carbocycles. The molecule has 10 heteroatoms. The Labute approximate surface area is 241 Å². The summed E-state index contributed by atoms with van der Waals surface area (Å²) in [6, 6.07) is 11.8. The summed E-state index contributed by atoms with van der Waals surface area (Å²) in [6.07, 6.45) is 1.84. The maximum Gasteiger partial charge on any atom is 0.327 e. The Kier molecular flexibility index (Phi) is 8.40. The van der Waals surface area contributed by atoms with Crippen LogP contribution in [0.3, 0.4) is 0 Å². The van der Waals surface area contributed by atoms with E-state index in [4.69, 9.17) is 14.2 Å². The zero-order chi connectivity index (χ0) is 29.1. The van der Waals surface area contributed by atoms with Crippen LogP contribution in [-0.4, -0.2) is 78.8 Å². The highest BCUT2D eigenvalue weighted by Crippen LogP contribution is 2.46. The van der Waals surface area contributed by atoms with Crippen molar-refractivity contribution < 1.29 is 28.6 Å². The summed E-state index contributed by atoms with van der Waals surface area (Å²) in [7, 11) is 2.05. The smallest absolute Gasteiger partial charge is 0.327 e. The van der Waals surface area contributed by atoms with E-state index in [1.807, 2.05) is 43.9 Å². The van der Waals surface area contributed by atoms with Crippen LogP contribution in [-0.2, 0) is 4.79 Å². The van der Waals surface area contributed by atoms with Crippen molar-refractivity contribution >= 4 is 17.8 Å². The van der Waals surface area contributed by atoms with Crippen LogP contribution in [0.5, 0.6) is 17.2 Å². The first-order valence-electron chi connectivity index (χ1n) is 14.6. The minimum atomic E-state index is -0.801. The first-order chi connectivity index (χ1) is 19.8. The number of likely N-dealkylation sites (N-methyl/N-ethyl adjacent to an activating group) is 1. The van der Waals surface area contributed by atoms with Gasteiger partial charge >= 0.3 is 6.03 Å². The minimum Gasteiger partial charge on any atom is -0.469 e. The Hall–Kier alpha value is -3.79. The molecule has 2 saturated heterocycles. The number of nitrogens with zero attached hydrogens (tertiary/aromatic N) is 3. The van der Waals surface area contributed by atoms with E-state index >= 15 is 0 Å². The molecule has 4 amide bonds. The number of rotatable bonds is 9. The van der Waals surface area contributed by atoms with Gasteiger partial charge in [-0.3, -0.25) is 9.59 Å². The van der Waals surface area contributed by atoms with Gasteiger partial charge in [0.05, 0.1) is 6.04 Å². The third-order valence-corrected chi connectivity index (χ3v) is 8.65. The molecule has 1 unspecified atom stereocenters. The fourth-order valence-electron chi connectivity index (χ4n) is 5.86. The first-order valence-corrected chi connectivity index (χ1v) is 14.6. The molecule has 0 aromatic heterocycles. The number of urea groups is 1. The summed E-state index contributed by atoms with van der Waals surface area (Å²) in [4.78, 5) is 45.3. The van der Waals surface area contributed by atoms with E-state index in [-0.39, 0.29) is 24.6 Å². The number of carbonyl (C=O) groups excluding carboxylic acids is 3. The summed E-state index contributed by atoms with van der Waals surface area (Å²) in [5.41, 5.74) is 0.669. The number of imide groups is 1. The van der Waals surface area contributed by atoms with Gasteiger partial charge < -0.3 is 29.3 Å². The topological polar surface area (TPSA) is 101 Å². The lowest BCUT2D eigenvalue weighted by atomic mass is 9.72. The van der Waals surface area contributed by atoms with Crippen molar-refractivity contribution in [1.29, 1.82) is 0 Å². The summed E-state index contributed by atoms with van der Waals surface area (Å²) in [6.45, 7) is 9.20. The van der Waals surface area contributed by atoms with E-state index in [0.717, 1.165) is 25.1 Å². The molecular weight excluding hydrogens is 524 g/mol. The summed E-state index contributed by atoms with van der Waals surface area (Å²) >= 11 is 0.